The lowest BCUT2D eigenvalue weighted by molar-refractivity contribution is -0.124. The zero-order valence-electron chi connectivity index (χ0n) is 11.3. The zero-order valence-corrected chi connectivity index (χ0v) is 11.3. The van der Waals surface area contributed by atoms with Crippen molar-refractivity contribution in [1.82, 2.24) is 5.32 Å². The van der Waals surface area contributed by atoms with E-state index in [2.05, 4.69) is 5.32 Å². The van der Waals surface area contributed by atoms with Crippen LogP contribution in [0, 0.1) is 12.8 Å². The summed E-state index contributed by atoms with van der Waals surface area (Å²) in [7, 11) is 0. The number of rotatable bonds is 6. The van der Waals surface area contributed by atoms with Crippen LogP contribution in [0.2, 0.25) is 0 Å². The van der Waals surface area contributed by atoms with Crippen molar-refractivity contribution in [3.8, 4) is 5.75 Å². The summed E-state index contributed by atoms with van der Waals surface area (Å²) in [6.07, 6.45) is 0. The van der Waals surface area contributed by atoms with Crippen LogP contribution in [-0.4, -0.2) is 19.1 Å². The molecule has 4 nitrogen and oxygen atoms in total. The fourth-order valence-corrected chi connectivity index (χ4v) is 1.56. The van der Waals surface area contributed by atoms with E-state index in [1.807, 2.05) is 39.0 Å². The summed E-state index contributed by atoms with van der Waals surface area (Å²) < 4.78 is 5.56. The summed E-state index contributed by atoms with van der Waals surface area (Å²) in [5, 5.41) is 2.87. The Morgan fingerprint density at radius 1 is 1.50 bits per heavy atom. The molecule has 0 aromatic heterocycles. The van der Waals surface area contributed by atoms with Crippen molar-refractivity contribution in [3.05, 3.63) is 29.3 Å². The van der Waals surface area contributed by atoms with Gasteiger partial charge in [-0.05, 0) is 25.5 Å². The van der Waals surface area contributed by atoms with E-state index >= 15 is 0 Å². The minimum absolute atomic E-state index is 0.0273. The van der Waals surface area contributed by atoms with Crippen molar-refractivity contribution in [2.24, 2.45) is 11.7 Å². The Morgan fingerprint density at radius 3 is 2.83 bits per heavy atom. The van der Waals surface area contributed by atoms with Gasteiger partial charge in [-0.2, -0.15) is 0 Å². The lowest BCUT2D eigenvalue weighted by Gasteiger charge is -2.13. The van der Waals surface area contributed by atoms with Crippen LogP contribution in [-0.2, 0) is 11.3 Å². The van der Waals surface area contributed by atoms with Gasteiger partial charge in [0.15, 0.2) is 0 Å². The maximum atomic E-state index is 11.7. The molecule has 0 fully saturated rings. The largest absolute Gasteiger partial charge is 0.494 e. The molecule has 1 amide bonds. The first-order chi connectivity index (χ1) is 8.58. The monoisotopic (exact) mass is 250 g/mol. The number of hydrogen-bond donors (Lipinski definition) is 2. The van der Waals surface area contributed by atoms with Crippen LogP contribution >= 0.6 is 0 Å². The van der Waals surface area contributed by atoms with Gasteiger partial charge in [-0.1, -0.05) is 19.1 Å². The number of nitrogens with one attached hydrogen (secondary N) is 1. The molecule has 0 saturated carbocycles. The molecule has 1 rings (SSSR count). The van der Waals surface area contributed by atoms with Crippen molar-refractivity contribution in [2.45, 2.75) is 27.3 Å². The maximum absolute atomic E-state index is 11.7. The van der Waals surface area contributed by atoms with Gasteiger partial charge in [-0.15, -0.1) is 0 Å². The number of aryl methyl sites for hydroxylation is 1. The van der Waals surface area contributed by atoms with Crippen LogP contribution in [0.15, 0.2) is 18.2 Å². The van der Waals surface area contributed by atoms with Gasteiger partial charge in [0.1, 0.15) is 5.75 Å². The molecule has 0 aliphatic heterocycles. The lowest BCUT2D eigenvalue weighted by atomic mass is 10.1. The molecule has 18 heavy (non-hydrogen) atoms. The summed E-state index contributed by atoms with van der Waals surface area (Å²) in [6.45, 7) is 7.22. The summed E-state index contributed by atoms with van der Waals surface area (Å²) in [5.74, 6) is 0.643. The van der Waals surface area contributed by atoms with Crippen LogP contribution in [0.1, 0.15) is 25.0 Å². The predicted octanol–water partition coefficient (Wildman–Crippen LogP) is 1.60. The number of nitrogens with two attached hydrogens (primary N) is 1. The molecule has 3 N–H and O–H groups in total. The fourth-order valence-electron chi connectivity index (χ4n) is 1.56. The first-order valence-corrected chi connectivity index (χ1v) is 6.28. The van der Waals surface area contributed by atoms with Gasteiger partial charge in [0, 0.05) is 24.6 Å². The molecule has 1 aromatic carbocycles. The van der Waals surface area contributed by atoms with Crippen LogP contribution in [0.25, 0.3) is 0 Å². The minimum atomic E-state index is -0.161. The van der Waals surface area contributed by atoms with Crippen molar-refractivity contribution < 1.29 is 9.53 Å². The molecule has 0 aliphatic carbocycles. The summed E-state index contributed by atoms with van der Waals surface area (Å²) in [5.41, 5.74) is 7.58. The summed E-state index contributed by atoms with van der Waals surface area (Å²) in [4.78, 5) is 11.7. The number of hydrogen-bond acceptors (Lipinski definition) is 3. The van der Waals surface area contributed by atoms with E-state index in [0.29, 0.717) is 19.7 Å². The molecule has 0 bridgehead atoms. The quantitative estimate of drug-likeness (QED) is 0.806. The molecular weight excluding hydrogens is 228 g/mol. The van der Waals surface area contributed by atoms with Crippen molar-refractivity contribution in [1.29, 1.82) is 0 Å². The van der Waals surface area contributed by atoms with Gasteiger partial charge in [0.25, 0.3) is 0 Å². The van der Waals surface area contributed by atoms with E-state index in [-0.39, 0.29) is 11.8 Å². The van der Waals surface area contributed by atoms with E-state index < -0.39 is 0 Å². The molecule has 0 heterocycles. The second-order valence-electron chi connectivity index (χ2n) is 4.40. The van der Waals surface area contributed by atoms with Gasteiger partial charge in [-0.25, -0.2) is 0 Å². The maximum Gasteiger partial charge on any atom is 0.224 e. The smallest absolute Gasteiger partial charge is 0.224 e. The van der Waals surface area contributed by atoms with Gasteiger partial charge in [0.2, 0.25) is 5.91 Å². The van der Waals surface area contributed by atoms with Gasteiger partial charge in [0.05, 0.1) is 6.61 Å². The van der Waals surface area contributed by atoms with Crippen molar-refractivity contribution in [3.63, 3.8) is 0 Å². The first-order valence-electron chi connectivity index (χ1n) is 6.28. The van der Waals surface area contributed by atoms with E-state index in [0.717, 1.165) is 16.9 Å². The fraction of sp³-hybridized carbons (Fsp3) is 0.500. The summed E-state index contributed by atoms with van der Waals surface area (Å²) in [6, 6.07) is 5.97. The molecule has 1 aromatic rings. The number of carbonyl (C=O) groups excluding carboxylic acids is 1. The zero-order chi connectivity index (χ0) is 13.5. The van der Waals surface area contributed by atoms with Crippen LogP contribution in [0.5, 0.6) is 5.75 Å². The van der Waals surface area contributed by atoms with Gasteiger partial charge >= 0.3 is 0 Å². The molecule has 100 valence electrons. The molecule has 1 unspecified atom stereocenters. The molecular formula is C14H22N2O2. The minimum Gasteiger partial charge on any atom is -0.494 e. The Morgan fingerprint density at radius 2 is 2.22 bits per heavy atom. The van der Waals surface area contributed by atoms with Gasteiger partial charge < -0.3 is 15.8 Å². The Labute approximate surface area is 109 Å². The van der Waals surface area contributed by atoms with E-state index in [1.54, 1.807) is 0 Å². The number of carbonyl (C=O) groups is 1. The summed E-state index contributed by atoms with van der Waals surface area (Å²) >= 11 is 0. The highest BCUT2D eigenvalue weighted by Gasteiger charge is 2.11. The average Bonchev–Trinajstić information content (AvgIpc) is 2.37. The molecule has 0 radical (unpaired) electrons. The number of amides is 1. The molecule has 1 atom stereocenters. The Bertz CT molecular complexity index is 405. The topological polar surface area (TPSA) is 64.3 Å². The van der Waals surface area contributed by atoms with Crippen LogP contribution in [0.3, 0.4) is 0 Å². The SMILES string of the molecule is CCOc1cc(C)ccc1CNC(=O)C(C)CN. The van der Waals surface area contributed by atoms with Gasteiger partial charge in [-0.3, -0.25) is 4.79 Å². The standard InChI is InChI=1S/C14H22N2O2/c1-4-18-13-7-10(2)5-6-12(13)9-16-14(17)11(3)8-15/h5-7,11H,4,8-9,15H2,1-3H3,(H,16,17). The Balaban J connectivity index is 2.69. The lowest BCUT2D eigenvalue weighted by Crippen LogP contribution is -2.32. The average molecular weight is 250 g/mol. The third-order valence-corrected chi connectivity index (χ3v) is 2.78. The van der Waals surface area contributed by atoms with E-state index in [1.165, 1.54) is 0 Å². The Hall–Kier alpha value is -1.55. The number of ether oxygens (including phenoxy) is 1. The second-order valence-corrected chi connectivity index (χ2v) is 4.40. The van der Waals surface area contributed by atoms with Crippen molar-refractivity contribution >= 4 is 5.91 Å². The highest BCUT2D eigenvalue weighted by Crippen LogP contribution is 2.20. The molecule has 0 spiro atoms. The molecule has 0 aliphatic rings. The highest BCUT2D eigenvalue weighted by molar-refractivity contribution is 5.78. The number of benzene rings is 1. The normalized spacial score (nSPS) is 12.0. The third kappa shape index (κ3) is 4.04. The first kappa shape index (κ1) is 14.5. The second kappa shape index (κ2) is 7.01. The molecule has 0 saturated heterocycles. The van der Waals surface area contributed by atoms with E-state index in [9.17, 15) is 4.79 Å². The van der Waals surface area contributed by atoms with Crippen LogP contribution < -0.4 is 15.8 Å². The molecule has 4 heteroatoms. The van der Waals surface area contributed by atoms with Crippen LogP contribution in [0.4, 0.5) is 0 Å². The highest BCUT2D eigenvalue weighted by atomic mass is 16.5. The third-order valence-electron chi connectivity index (χ3n) is 2.78. The van der Waals surface area contributed by atoms with E-state index in [4.69, 9.17) is 10.5 Å². The van der Waals surface area contributed by atoms with Crippen molar-refractivity contribution in [2.75, 3.05) is 13.2 Å². The Kier molecular flexibility index (Phi) is 5.65. The predicted molar refractivity (Wildman–Crippen MR) is 72.4 cm³/mol.